The molecule has 0 saturated carbocycles. The zero-order chi connectivity index (χ0) is 14.5. The Kier molecular flexibility index (Phi) is 5.15. The van der Waals surface area contributed by atoms with Crippen LogP contribution in [0.25, 0.3) is 0 Å². The molecule has 0 aliphatic carbocycles. The Morgan fingerprint density at radius 2 is 2.10 bits per heavy atom. The van der Waals surface area contributed by atoms with Gasteiger partial charge >= 0.3 is 5.97 Å². The molecule has 1 aromatic rings. The van der Waals surface area contributed by atoms with Gasteiger partial charge in [0, 0.05) is 19.1 Å². The molecule has 1 heterocycles. The molecule has 0 amide bonds. The van der Waals surface area contributed by atoms with Gasteiger partial charge in [0.05, 0.1) is 12.7 Å². The highest BCUT2D eigenvalue weighted by molar-refractivity contribution is 5.89. The van der Waals surface area contributed by atoms with Crippen molar-refractivity contribution in [2.75, 3.05) is 20.2 Å². The van der Waals surface area contributed by atoms with E-state index in [2.05, 4.69) is 11.8 Å². The van der Waals surface area contributed by atoms with Crippen LogP contribution in [0, 0.1) is 5.92 Å². The Hall–Kier alpha value is -1.39. The molecule has 2 atom stereocenters. The molecule has 4 heteroatoms. The van der Waals surface area contributed by atoms with Crippen LogP contribution < -0.4 is 5.73 Å². The maximum absolute atomic E-state index is 11.4. The zero-order valence-electron chi connectivity index (χ0n) is 12.3. The summed E-state index contributed by atoms with van der Waals surface area (Å²) in [6.45, 7) is 5.01. The molecule has 2 unspecified atom stereocenters. The second-order valence-electron chi connectivity index (χ2n) is 5.68. The van der Waals surface area contributed by atoms with Crippen molar-refractivity contribution in [3.8, 4) is 0 Å². The molecule has 1 fully saturated rings. The molecule has 1 aromatic carbocycles. The molecule has 2 N–H and O–H groups in total. The van der Waals surface area contributed by atoms with Gasteiger partial charge in [0.25, 0.3) is 0 Å². The van der Waals surface area contributed by atoms with E-state index >= 15 is 0 Å². The van der Waals surface area contributed by atoms with Gasteiger partial charge in [-0.25, -0.2) is 4.79 Å². The molecule has 0 spiro atoms. The fourth-order valence-electron chi connectivity index (χ4n) is 2.85. The first-order valence-electron chi connectivity index (χ1n) is 7.25. The van der Waals surface area contributed by atoms with Crippen LogP contribution in [0.5, 0.6) is 0 Å². The summed E-state index contributed by atoms with van der Waals surface area (Å²) in [6.07, 6.45) is 2.41. The van der Waals surface area contributed by atoms with Crippen molar-refractivity contribution in [1.29, 1.82) is 0 Å². The normalized spacial score (nSPS) is 23.6. The summed E-state index contributed by atoms with van der Waals surface area (Å²) in [7, 11) is 1.40. The minimum atomic E-state index is -0.289. The molecule has 1 aliphatic rings. The van der Waals surface area contributed by atoms with Gasteiger partial charge in [-0.2, -0.15) is 0 Å². The number of benzene rings is 1. The van der Waals surface area contributed by atoms with Crippen molar-refractivity contribution in [2.45, 2.75) is 32.4 Å². The number of carbonyl (C=O) groups is 1. The van der Waals surface area contributed by atoms with E-state index in [1.807, 2.05) is 24.3 Å². The van der Waals surface area contributed by atoms with Crippen LogP contribution in [0.3, 0.4) is 0 Å². The molecule has 4 nitrogen and oxygen atoms in total. The summed E-state index contributed by atoms with van der Waals surface area (Å²) in [4.78, 5) is 13.9. The van der Waals surface area contributed by atoms with E-state index < -0.39 is 0 Å². The van der Waals surface area contributed by atoms with Crippen LogP contribution in [0.2, 0.25) is 0 Å². The zero-order valence-corrected chi connectivity index (χ0v) is 12.3. The first kappa shape index (κ1) is 15.0. The lowest BCUT2D eigenvalue weighted by molar-refractivity contribution is 0.0600. The van der Waals surface area contributed by atoms with Crippen molar-refractivity contribution >= 4 is 5.97 Å². The third-order valence-corrected chi connectivity index (χ3v) is 4.13. The van der Waals surface area contributed by atoms with E-state index in [0.29, 0.717) is 18.2 Å². The number of ether oxygens (including phenoxy) is 1. The maximum Gasteiger partial charge on any atom is 0.337 e. The number of nitrogens with two attached hydrogens (primary N) is 1. The average molecular weight is 276 g/mol. The molecular formula is C16H24N2O2. The average Bonchev–Trinajstić information content (AvgIpc) is 2.49. The number of rotatable bonds is 4. The molecule has 2 rings (SSSR count). The number of nitrogens with zero attached hydrogens (tertiary/aromatic N) is 1. The van der Waals surface area contributed by atoms with Crippen LogP contribution >= 0.6 is 0 Å². The number of piperidine rings is 1. The standard InChI is InChI=1S/C16H24N2O2/c1-12-7-8-18(15(9-12)10-17)11-13-3-5-14(6-4-13)16(19)20-2/h3-6,12,15H,7-11,17H2,1-2H3. The first-order chi connectivity index (χ1) is 9.63. The predicted molar refractivity (Wildman–Crippen MR) is 79.4 cm³/mol. The van der Waals surface area contributed by atoms with Gasteiger partial charge < -0.3 is 10.5 Å². The first-order valence-corrected chi connectivity index (χ1v) is 7.25. The van der Waals surface area contributed by atoms with Crippen LogP contribution in [0.1, 0.15) is 35.7 Å². The van der Waals surface area contributed by atoms with E-state index in [0.717, 1.165) is 19.0 Å². The van der Waals surface area contributed by atoms with Gasteiger partial charge in [0.2, 0.25) is 0 Å². The van der Waals surface area contributed by atoms with E-state index in [1.54, 1.807) is 0 Å². The third kappa shape index (κ3) is 3.58. The van der Waals surface area contributed by atoms with Gasteiger partial charge in [0.15, 0.2) is 0 Å². The Bertz CT molecular complexity index is 444. The molecule has 110 valence electrons. The van der Waals surface area contributed by atoms with Crippen molar-refractivity contribution < 1.29 is 9.53 Å². The van der Waals surface area contributed by atoms with Gasteiger partial charge in [-0.1, -0.05) is 19.1 Å². The minimum absolute atomic E-state index is 0.289. The van der Waals surface area contributed by atoms with Crippen LogP contribution in [-0.2, 0) is 11.3 Å². The van der Waals surface area contributed by atoms with E-state index in [9.17, 15) is 4.79 Å². The molecule has 0 aromatic heterocycles. The van der Waals surface area contributed by atoms with Gasteiger partial charge in [0.1, 0.15) is 0 Å². The maximum atomic E-state index is 11.4. The minimum Gasteiger partial charge on any atom is -0.465 e. The number of hydrogen-bond donors (Lipinski definition) is 1. The van der Waals surface area contributed by atoms with Crippen molar-refractivity contribution in [2.24, 2.45) is 11.7 Å². The number of carbonyl (C=O) groups excluding carboxylic acids is 1. The fourth-order valence-corrected chi connectivity index (χ4v) is 2.85. The summed E-state index contributed by atoms with van der Waals surface area (Å²) < 4.78 is 4.71. The Morgan fingerprint density at radius 3 is 2.70 bits per heavy atom. The lowest BCUT2D eigenvalue weighted by atomic mass is 9.92. The summed E-state index contributed by atoms with van der Waals surface area (Å²) in [5.74, 6) is 0.477. The predicted octanol–water partition coefficient (Wildman–Crippen LogP) is 2.03. The molecule has 20 heavy (non-hydrogen) atoms. The molecular weight excluding hydrogens is 252 g/mol. The Labute approximate surface area is 120 Å². The number of likely N-dealkylation sites (tertiary alicyclic amines) is 1. The lowest BCUT2D eigenvalue weighted by Gasteiger charge is -2.38. The molecule has 0 radical (unpaired) electrons. The highest BCUT2D eigenvalue weighted by Crippen LogP contribution is 2.23. The largest absolute Gasteiger partial charge is 0.465 e. The second kappa shape index (κ2) is 6.86. The van der Waals surface area contributed by atoms with Crippen molar-refractivity contribution in [3.05, 3.63) is 35.4 Å². The van der Waals surface area contributed by atoms with Crippen LogP contribution in [-0.4, -0.2) is 37.1 Å². The summed E-state index contributed by atoms with van der Waals surface area (Å²) >= 11 is 0. The molecule has 0 bridgehead atoms. The molecule has 1 saturated heterocycles. The van der Waals surface area contributed by atoms with Crippen LogP contribution in [0.15, 0.2) is 24.3 Å². The topological polar surface area (TPSA) is 55.6 Å². The SMILES string of the molecule is COC(=O)c1ccc(CN2CCC(C)CC2CN)cc1. The van der Waals surface area contributed by atoms with Gasteiger partial charge in [-0.15, -0.1) is 0 Å². The van der Waals surface area contributed by atoms with Crippen LogP contribution in [0.4, 0.5) is 0 Å². The fraction of sp³-hybridized carbons (Fsp3) is 0.562. The highest BCUT2D eigenvalue weighted by Gasteiger charge is 2.25. The van der Waals surface area contributed by atoms with E-state index in [1.165, 1.54) is 25.5 Å². The second-order valence-corrected chi connectivity index (χ2v) is 5.68. The van der Waals surface area contributed by atoms with E-state index in [-0.39, 0.29) is 5.97 Å². The summed E-state index contributed by atoms with van der Waals surface area (Å²) in [6, 6.07) is 8.12. The van der Waals surface area contributed by atoms with Crippen molar-refractivity contribution in [3.63, 3.8) is 0 Å². The molecule has 1 aliphatic heterocycles. The Morgan fingerprint density at radius 1 is 1.40 bits per heavy atom. The third-order valence-electron chi connectivity index (χ3n) is 4.13. The lowest BCUT2D eigenvalue weighted by Crippen LogP contribution is -2.45. The quantitative estimate of drug-likeness (QED) is 0.855. The smallest absolute Gasteiger partial charge is 0.337 e. The van der Waals surface area contributed by atoms with Gasteiger partial charge in [-0.05, 0) is 43.0 Å². The highest BCUT2D eigenvalue weighted by atomic mass is 16.5. The summed E-state index contributed by atoms with van der Waals surface area (Å²) in [5.41, 5.74) is 7.70. The van der Waals surface area contributed by atoms with E-state index in [4.69, 9.17) is 10.5 Å². The monoisotopic (exact) mass is 276 g/mol. The Balaban J connectivity index is 2.00. The van der Waals surface area contributed by atoms with Gasteiger partial charge in [-0.3, -0.25) is 4.90 Å². The number of methoxy groups -OCH3 is 1. The summed E-state index contributed by atoms with van der Waals surface area (Å²) in [5, 5.41) is 0. The number of esters is 1. The van der Waals surface area contributed by atoms with Crippen molar-refractivity contribution in [1.82, 2.24) is 4.90 Å². The number of hydrogen-bond acceptors (Lipinski definition) is 4.